The maximum absolute atomic E-state index is 14.5. The molecule has 0 spiro atoms. The van der Waals surface area contributed by atoms with Crippen LogP contribution in [-0.4, -0.2) is 23.9 Å². The molecule has 0 N–H and O–H groups in total. The second kappa shape index (κ2) is 48.9. The average molecular weight is 1610 g/mol. The first-order chi connectivity index (χ1) is 59.1. The number of unbranched alkanes of at least 4 members (excludes halogenated alkanes) is 32. The van der Waals surface area contributed by atoms with Crippen LogP contribution in [0.4, 0.5) is 0 Å². The number of rotatable bonds is 51. The van der Waals surface area contributed by atoms with Crippen LogP contribution in [0.15, 0.2) is 206 Å². The summed E-state index contributed by atoms with van der Waals surface area (Å²) in [6.45, 7) is 9.03. The van der Waals surface area contributed by atoms with Crippen molar-refractivity contribution in [3.05, 3.63) is 229 Å². The zero-order chi connectivity index (χ0) is 83.3. The number of fused-ring (bicyclic) bond motifs is 4. The molecule has 0 saturated carbocycles. The fourth-order valence-electron chi connectivity index (χ4n) is 18.6. The summed E-state index contributed by atoms with van der Waals surface area (Å²) >= 11 is 0. The third-order valence-electron chi connectivity index (χ3n) is 25.5. The quantitative estimate of drug-likeness (QED) is 0.0211. The first-order valence-electron chi connectivity index (χ1n) is 47.6. The van der Waals surface area contributed by atoms with Crippen molar-refractivity contribution in [3.63, 3.8) is 0 Å². The molecule has 4 atom stereocenters. The van der Waals surface area contributed by atoms with Crippen molar-refractivity contribution in [2.24, 2.45) is 0 Å². The lowest BCUT2D eigenvalue weighted by molar-refractivity contribution is -0.156. The maximum atomic E-state index is 14.5. The van der Waals surface area contributed by atoms with E-state index in [0.29, 0.717) is 51.4 Å². The number of hydrogen-bond acceptors (Lipinski definition) is 8. The van der Waals surface area contributed by atoms with E-state index < -0.39 is 24.4 Å². The summed E-state index contributed by atoms with van der Waals surface area (Å²) in [7, 11) is 0. The van der Waals surface area contributed by atoms with Crippen LogP contribution in [-0.2, 0) is 38.1 Å². The smallest absolute Gasteiger partial charge is 0.306 e. The molecule has 2 aliphatic carbocycles. The van der Waals surface area contributed by atoms with Gasteiger partial charge in [0.05, 0.1) is 0 Å². The second-order valence-corrected chi connectivity index (χ2v) is 34.8. The monoisotopic (exact) mass is 1610 g/mol. The number of esters is 4. The highest BCUT2D eigenvalue weighted by molar-refractivity contribution is 6.04. The molecule has 8 heteroatoms. The first-order valence-corrected chi connectivity index (χ1v) is 47.6. The summed E-state index contributed by atoms with van der Waals surface area (Å²) in [5.74, 6) is -0.766. The number of carbonyl (C=O) groups excluding carboxylic acids is 4. The van der Waals surface area contributed by atoms with E-state index in [-0.39, 0.29) is 23.9 Å². The molecule has 120 heavy (non-hydrogen) atoms. The molecule has 0 aromatic heterocycles. The lowest BCUT2D eigenvalue weighted by Crippen LogP contribution is -2.22. The normalized spacial score (nSPS) is 15.0. The molecule has 0 fully saturated rings. The average Bonchev–Trinajstić information content (AvgIpc) is 0.735. The molecule has 4 unspecified atom stereocenters. The van der Waals surface area contributed by atoms with Gasteiger partial charge >= 0.3 is 23.9 Å². The number of hydrogen-bond donors (Lipinski definition) is 0. The van der Waals surface area contributed by atoms with E-state index in [9.17, 15) is 19.2 Å². The highest BCUT2D eigenvalue weighted by Crippen LogP contribution is 2.52. The third-order valence-corrected chi connectivity index (χ3v) is 25.5. The largest absolute Gasteiger partial charge is 0.457 e. The molecule has 12 rings (SSSR count). The van der Waals surface area contributed by atoms with E-state index >= 15 is 0 Å². The highest BCUT2D eigenvalue weighted by atomic mass is 16.6. The minimum atomic E-state index is -0.576. The van der Waals surface area contributed by atoms with Crippen molar-refractivity contribution < 1.29 is 38.1 Å². The Balaban J connectivity index is 1.02. The van der Waals surface area contributed by atoms with Gasteiger partial charge in [0.15, 0.2) is 0 Å². The molecule has 0 radical (unpaired) electrons. The van der Waals surface area contributed by atoms with Gasteiger partial charge in [0.1, 0.15) is 24.4 Å². The maximum Gasteiger partial charge on any atom is 0.306 e. The van der Waals surface area contributed by atoms with Crippen molar-refractivity contribution in [2.75, 3.05) is 0 Å². The van der Waals surface area contributed by atoms with Gasteiger partial charge in [-0.25, -0.2) is 0 Å². The van der Waals surface area contributed by atoms with Crippen molar-refractivity contribution in [1.82, 2.24) is 0 Å². The molecule has 0 saturated heterocycles. The van der Waals surface area contributed by atoms with Gasteiger partial charge in [-0.2, -0.15) is 0 Å². The van der Waals surface area contributed by atoms with E-state index in [1.807, 2.05) is 0 Å². The lowest BCUT2D eigenvalue weighted by atomic mass is 9.79. The van der Waals surface area contributed by atoms with Crippen LogP contribution in [0, 0.1) is 0 Å². The summed E-state index contributed by atoms with van der Waals surface area (Å²) in [5.41, 5.74) is 17.7. The molecule has 10 aromatic carbocycles. The van der Waals surface area contributed by atoms with Gasteiger partial charge < -0.3 is 18.9 Å². The van der Waals surface area contributed by atoms with E-state index in [0.717, 1.165) is 199 Å². The van der Waals surface area contributed by atoms with Crippen LogP contribution in [0.5, 0.6) is 0 Å². The molecule has 634 valence electrons. The Morgan fingerprint density at radius 1 is 0.208 bits per heavy atom. The lowest BCUT2D eigenvalue weighted by Gasteiger charge is -2.32. The number of ether oxygens (including phenoxy) is 4. The standard InChI is InChI=1S/C112H138O8/c1-5-9-13-17-21-25-29-33-43-59-109(113)117-105-71-73-107(119-111(115)61-45-35-31-27-23-19-15-11-7-3)103-77-91(67-69-93(103)105)98-82-102(101-81-97(89-65-63-83-51-47-49-57-87(83)75-89)95(85-53-39-37-40-54-85)79-99(101)90-66-64-84-52-48-50-58-88(84)76-90)100(80-96(98)86-55-41-38-42-56-86)92-68-70-94-104(78-92)108(120-112(116)62-46-36-32-28-24-20-16-12-8-4)74-72-106(94)118-110(114)60-44-34-30-26-22-18-14-10-6-2/h37-42,47-58,63-70,75-82,105-108H,5-36,43-46,59-62,71-74H2,1-4H3. The number of carbonyl (C=O) groups is 4. The van der Waals surface area contributed by atoms with E-state index in [2.05, 4.69) is 234 Å². The van der Waals surface area contributed by atoms with Gasteiger partial charge in [0, 0.05) is 25.7 Å². The topological polar surface area (TPSA) is 105 Å². The molecule has 2 aliphatic rings. The van der Waals surface area contributed by atoms with Crippen molar-refractivity contribution in [1.29, 1.82) is 0 Å². The Kier molecular flexibility index (Phi) is 36.6. The molecule has 0 aliphatic heterocycles. The van der Waals surface area contributed by atoms with Gasteiger partial charge in [-0.15, -0.1) is 0 Å². The summed E-state index contributed by atoms with van der Waals surface area (Å²) in [5, 5.41) is 4.58. The summed E-state index contributed by atoms with van der Waals surface area (Å²) in [6.07, 6.45) is 42.9. The van der Waals surface area contributed by atoms with E-state index in [1.165, 1.54) is 154 Å². The minimum absolute atomic E-state index is 0.185. The molecular formula is C112H138O8. The van der Waals surface area contributed by atoms with Gasteiger partial charge in [0.25, 0.3) is 0 Å². The Labute approximate surface area is 720 Å². The van der Waals surface area contributed by atoms with Crippen molar-refractivity contribution >= 4 is 45.4 Å². The van der Waals surface area contributed by atoms with Gasteiger partial charge in [0.2, 0.25) is 0 Å². The van der Waals surface area contributed by atoms with Gasteiger partial charge in [-0.05, 0) is 222 Å². The summed E-state index contributed by atoms with van der Waals surface area (Å²) < 4.78 is 26.7. The molecular weight excluding hydrogens is 1470 g/mol. The van der Waals surface area contributed by atoms with Crippen LogP contribution in [0.3, 0.4) is 0 Å². The fraction of sp³-hybridized carbons (Fsp3) is 0.464. The Morgan fingerprint density at radius 3 is 0.733 bits per heavy atom. The summed E-state index contributed by atoms with van der Waals surface area (Å²) in [4.78, 5) is 57.3. The van der Waals surface area contributed by atoms with Crippen LogP contribution < -0.4 is 0 Å². The summed E-state index contributed by atoms with van der Waals surface area (Å²) in [6, 6.07) is 75.2. The van der Waals surface area contributed by atoms with Crippen LogP contribution >= 0.6 is 0 Å². The third kappa shape index (κ3) is 26.3. The van der Waals surface area contributed by atoms with Gasteiger partial charge in [-0.1, -0.05) is 391 Å². The second-order valence-electron chi connectivity index (χ2n) is 34.8. The van der Waals surface area contributed by atoms with Crippen molar-refractivity contribution in [2.45, 2.75) is 335 Å². The molecule has 8 nitrogen and oxygen atoms in total. The van der Waals surface area contributed by atoms with Crippen LogP contribution in [0.25, 0.3) is 99.4 Å². The predicted octanol–water partition coefficient (Wildman–Crippen LogP) is 33.3. The van der Waals surface area contributed by atoms with E-state index in [4.69, 9.17) is 18.9 Å². The van der Waals surface area contributed by atoms with Crippen LogP contribution in [0.2, 0.25) is 0 Å². The minimum Gasteiger partial charge on any atom is -0.457 e. The highest BCUT2D eigenvalue weighted by Gasteiger charge is 2.36. The fourth-order valence-corrected chi connectivity index (χ4v) is 18.6. The molecule has 0 amide bonds. The Bertz CT molecular complexity index is 4840. The SMILES string of the molecule is CCCCCCCCCCCC(=O)OC1CCC(OC(=O)CCCCCCCCCCC)c2cc(-c3cc(-c4cc(-c5ccc6ccccc6c5)c(-c5ccccc5)cc4-c4ccc5ccccc5c4)c(-c4ccc5c(c4)C(OC(=O)CCCCCCCCCCC)CCC5OC(=O)CCCCCCCCCCC)cc3-c3ccccc3)ccc21. The molecule has 0 bridgehead atoms. The van der Waals surface area contributed by atoms with Crippen LogP contribution in [0.1, 0.15) is 357 Å². The van der Waals surface area contributed by atoms with Gasteiger partial charge in [-0.3, -0.25) is 19.2 Å². The molecule has 0 heterocycles. The molecule has 10 aromatic rings. The zero-order valence-corrected chi connectivity index (χ0v) is 73.3. The number of benzene rings is 10. The zero-order valence-electron chi connectivity index (χ0n) is 73.3. The first kappa shape index (κ1) is 89.8. The van der Waals surface area contributed by atoms with Crippen molar-refractivity contribution in [3.8, 4) is 77.9 Å². The Hall–Kier alpha value is -9.40. The predicted molar refractivity (Wildman–Crippen MR) is 501 cm³/mol. The Morgan fingerprint density at radius 2 is 0.433 bits per heavy atom. The van der Waals surface area contributed by atoms with E-state index in [1.54, 1.807) is 0 Å².